The van der Waals surface area contributed by atoms with Gasteiger partial charge < -0.3 is 4.98 Å². The average Bonchev–Trinajstić information content (AvgIpc) is 2.19. The zero-order chi connectivity index (χ0) is 11.0. The zero-order valence-corrected chi connectivity index (χ0v) is 9.43. The number of fused-ring (bicyclic) bond motifs is 1. The van der Waals surface area contributed by atoms with Crippen LogP contribution in [0.4, 0.5) is 0 Å². The monoisotopic (exact) mass is 221 g/mol. The summed E-state index contributed by atoms with van der Waals surface area (Å²) in [6.07, 6.45) is 1.75. The van der Waals surface area contributed by atoms with E-state index in [9.17, 15) is 4.79 Å². The summed E-state index contributed by atoms with van der Waals surface area (Å²) >= 11 is 6.13. The van der Waals surface area contributed by atoms with Crippen molar-refractivity contribution >= 4 is 22.4 Å². The first kappa shape index (κ1) is 10.2. The lowest BCUT2D eigenvalue weighted by atomic mass is 9.99. The van der Waals surface area contributed by atoms with E-state index in [0.29, 0.717) is 16.3 Å². The summed E-state index contributed by atoms with van der Waals surface area (Å²) in [6, 6.07) is 5.41. The van der Waals surface area contributed by atoms with Crippen molar-refractivity contribution in [2.75, 3.05) is 0 Å². The van der Waals surface area contributed by atoms with Gasteiger partial charge >= 0.3 is 0 Å². The van der Waals surface area contributed by atoms with Crippen molar-refractivity contribution in [3.63, 3.8) is 0 Å². The van der Waals surface area contributed by atoms with Gasteiger partial charge in [-0.25, -0.2) is 0 Å². The number of rotatable bonds is 1. The lowest BCUT2D eigenvalue weighted by molar-refractivity contribution is 0.867. The van der Waals surface area contributed by atoms with Gasteiger partial charge in [-0.1, -0.05) is 31.5 Å². The summed E-state index contributed by atoms with van der Waals surface area (Å²) in [4.78, 5) is 14.3. The van der Waals surface area contributed by atoms with Crippen LogP contribution in [0.1, 0.15) is 25.3 Å². The normalized spacial score (nSPS) is 11.2. The molecule has 3 heteroatoms. The molecule has 2 rings (SSSR count). The minimum Gasteiger partial charge on any atom is -0.328 e. The largest absolute Gasteiger partial charge is 0.328 e. The fraction of sp³-hybridized carbons (Fsp3) is 0.250. The van der Waals surface area contributed by atoms with Gasteiger partial charge in [0.15, 0.2) is 0 Å². The molecule has 0 radical (unpaired) electrons. The first-order valence-corrected chi connectivity index (χ1v) is 5.29. The predicted molar refractivity (Wildman–Crippen MR) is 63.7 cm³/mol. The van der Waals surface area contributed by atoms with E-state index in [1.165, 1.54) is 0 Å². The Morgan fingerprint density at radius 1 is 1.33 bits per heavy atom. The molecular weight excluding hydrogens is 210 g/mol. The van der Waals surface area contributed by atoms with Crippen LogP contribution in [0.15, 0.2) is 29.2 Å². The van der Waals surface area contributed by atoms with Crippen LogP contribution >= 0.6 is 11.6 Å². The van der Waals surface area contributed by atoms with E-state index in [0.717, 1.165) is 10.9 Å². The van der Waals surface area contributed by atoms with Crippen LogP contribution in [-0.2, 0) is 0 Å². The highest BCUT2D eigenvalue weighted by Crippen LogP contribution is 2.28. The topological polar surface area (TPSA) is 32.9 Å². The van der Waals surface area contributed by atoms with Crippen molar-refractivity contribution in [3.05, 3.63) is 45.3 Å². The van der Waals surface area contributed by atoms with Crippen LogP contribution < -0.4 is 5.56 Å². The number of nitrogens with one attached hydrogen (secondary N) is 1. The van der Waals surface area contributed by atoms with Gasteiger partial charge in [-0.05, 0) is 23.6 Å². The minimum atomic E-state index is -0.0862. The number of hydrogen-bond acceptors (Lipinski definition) is 1. The molecule has 0 aliphatic rings. The molecule has 2 nitrogen and oxygen atoms in total. The second-order valence-electron chi connectivity index (χ2n) is 3.89. The molecule has 1 aromatic heterocycles. The van der Waals surface area contributed by atoms with E-state index in [-0.39, 0.29) is 5.56 Å². The number of benzene rings is 1. The Bertz CT molecular complexity index is 557. The van der Waals surface area contributed by atoms with Gasteiger partial charge in [0.25, 0.3) is 5.56 Å². The molecule has 0 fully saturated rings. The lowest BCUT2D eigenvalue weighted by Gasteiger charge is -2.10. The molecular formula is C12H12ClNO. The molecule has 0 aliphatic carbocycles. The molecule has 0 spiro atoms. The molecule has 15 heavy (non-hydrogen) atoms. The minimum absolute atomic E-state index is 0.0862. The number of aromatic amines is 1. The SMILES string of the molecule is CC(C)c1c[nH]c(=O)c2cccc(Cl)c12. The van der Waals surface area contributed by atoms with Gasteiger partial charge in [0.2, 0.25) is 0 Å². The van der Waals surface area contributed by atoms with Crippen LogP contribution in [0.3, 0.4) is 0 Å². The second-order valence-corrected chi connectivity index (χ2v) is 4.30. The summed E-state index contributed by atoms with van der Waals surface area (Å²) < 4.78 is 0. The maximum atomic E-state index is 11.6. The fourth-order valence-corrected chi connectivity index (χ4v) is 2.04. The number of H-pyrrole nitrogens is 1. The maximum absolute atomic E-state index is 11.6. The lowest BCUT2D eigenvalue weighted by Crippen LogP contribution is -2.08. The third-order valence-corrected chi connectivity index (χ3v) is 2.84. The average molecular weight is 222 g/mol. The van der Waals surface area contributed by atoms with Gasteiger partial charge in [0.05, 0.1) is 0 Å². The van der Waals surface area contributed by atoms with Crippen LogP contribution in [0.5, 0.6) is 0 Å². The van der Waals surface area contributed by atoms with Crippen LogP contribution in [0.25, 0.3) is 10.8 Å². The summed E-state index contributed by atoms with van der Waals surface area (Å²) in [5, 5.41) is 2.17. The van der Waals surface area contributed by atoms with E-state index in [1.54, 1.807) is 18.3 Å². The van der Waals surface area contributed by atoms with Gasteiger partial charge in [-0.15, -0.1) is 0 Å². The zero-order valence-electron chi connectivity index (χ0n) is 8.67. The van der Waals surface area contributed by atoms with E-state index in [1.807, 2.05) is 6.07 Å². The number of pyridine rings is 1. The highest BCUT2D eigenvalue weighted by atomic mass is 35.5. The highest BCUT2D eigenvalue weighted by molar-refractivity contribution is 6.35. The Morgan fingerprint density at radius 2 is 2.07 bits per heavy atom. The first-order valence-electron chi connectivity index (χ1n) is 4.91. The molecule has 1 aromatic carbocycles. The molecule has 2 aromatic rings. The first-order chi connectivity index (χ1) is 7.11. The van der Waals surface area contributed by atoms with Gasteiger partial charge in [0.1, 0.15) is 0 Å². The van der Waals surface area contributed by atoms with Crippen molar-refractivity contribution in [2.45, 2.75) is 19.8 Å². The Balaban J connectivity index is 2.97. The molecule has 0 aliphatic heterocycles. The Morgan fingerprint density at radius 3 is 2.73 bits per heavy atom. The molecule has 0 bridgehead atoms. The quantitative estimate of drug-likeness (QED) is 0.788. The van der Waals surface area contributed by atoms with Crippen molar-refractivity contribution < 1.29 is 0 Å². The third kappa shape index (κ3) is 1.65. The Labute approximate surface area is 92.9 Å². The maximum Gasteiger partial charge on any atom is 0.255 e. The molecule has 1 N–H and O–H groups in total. The summed E-state index contributed by atoms with van der Waals surface area (Å²) in [6.45, 7) is 4.16. The smallest absolute Gasteiger partial charge is 0.255 e. The van der Waals surface area contributed by atoms with E-state index in [4.69, 9.17) is 11.6 Å². The summed E-state index contributed by atoms with van der Waals surface area (Å²) in [5.41, 5.74) is 0.993. The molecule has 0 saturated carbocycles. The third-order valence-electron chi connectivity index (χ3n) is 2.53. The van der Waals surface area contributed by atoms with Crippen molar-refractivity contribution in [3.8, 4) is 0 Å². The van der Waals surface area contributed by atoms with Gasteiger partial charge in [0, 0.05) is 22.0 Å². The molecule has 1 heterocycles. The number of aromatic nitrogens is 1. The molecule has 0 amide bonds. The Hall–Kier alpha value is -1.28. The van der Waals surface area contributed by atoms with Gasteiger partial charge in [-0.3, -0.25) is 4.79 Å². The van der Waals surface area contributed by atoms with Crippen molar-refractivity contribution in [1.29, 1.82) is 0 Å². The highest BCUT2D eigenvalue weighted by Gasteiger charge is 2.10. The van der Waals surface area contributed by atoms with Gasteiger partial charge in [-0.2, -0.15) is 0 Å². The molecule has 0 atom stereocenters. The van der Waals surface area contributed by atoms with Crippen molar-refractivity contribution in [1.82, 2.24) is 4.98 Å². The van der Waals surface area contributed by atoms with Crippen molar-refractivity contribution in [2.24, 2.45) is 0 Å². The van der Waals surface area contributed by atoms with Crippen LogP contribution in [0, 0.1) is 0 Å². The van der Waals surface area contributed by atoms with E-state index < -0.39 is 0 Å². The van der Waals surface area contributed by atoms with Crippen LogP contribution in [-0.4, -0.2) is 4.98 Å². The van der Waals surface area contributed by atoms with E-state index >= 15 is 0 Å². The predicted octanol–water partition coefficient (Wildman–Crippen LogP) is 3.30. The number of hydrogen-bond donors (Lipinski definition) is 1. The molecule has 78 valence electrons. The summed E-state index contributed by atoms with van der Waals surface area (Å²) in [5.74, 6) is 0.337. The second kappa shape index (κ2) is 3.70. The standard InChI is InChI=1S/C12H12ClNO/c1-7(2)9-6-14-12(15)8-4-3-5-10(13)11(8)9/h3-7H,1-2H3,(H,14,15). The Kier molecular flexibility index (Phi) is 2.53. The molecule has 0 saturated heterocycles. The fourth-order valence-electron chi connectivity index (χ4n) is 1.76. The molecule has 0 unspecified atom stereocenters. The summed E-state index contributed by atoms with van der Waals surface area (Å²) in [7, 11) is 0. The number of halogens is 1. The van der Waals surface area contributed by atoms with E-state index in [2.05, 4.69) is 18.8 Å². The van der Waals surface area contributed by atoms with Crippen LogP contribution in [0.2, 0.25) is 5.02 Å².